The largest absolute Gasteiger partial charge is 0.378 e. The van der Waals surface area contributed by atoms with Crippen LogP contribution in [0.5, 0.6) is 0 Å². The first-order chi connectivity index (χ1) is 11.6. The van der Waals surface area contributed by atoms with E-state index in [0.717, 1.165) is 11.8 Å². The number of rotatable bonds is 6. The van der Waals surface area contributed by atoms with Gasteiger partial charge < -0.3 is 11.1 Å². The molecule has 10 nitrogen and oxygen atoms in total. The molecule has 0 fully saturated rings. The second-order valence-corrected chi connectivity index (χ2v) is 4.95. The van der Waals surface area contributed by atoms with Gasteiger partial charge in [0.1, 0.15) is 18.9 Å². The highest BCUT2D eigenvalue weighted by Crippen LogP contribution is 2.22. The van der Waals surface area contributed by atoms with Gasteiger partial charge >= 0.3 is 5.69 Å². The molecule has 1 aromatic carbocycles. The van der Waals surface area contributed by atoms with Gasteiger partial charge in [0.05, 0.1) is 17.5 Å². The van der Waals surface area contributed by atoms with Crippen molar-refractivity contribution in [2.45, 2.75) is 12.6 Å². The van der Waals surface area contributed by atoms with Crippen LogP contribution in [0.15, 0.2) is 49.2 Å². The monoisotopic (exact) mass is 326 g/mol. The van der Waals surface area contributed by atoms with E-state index in [-0.39, 0.29) is 23.5 Å². The first-order valence-electron chi connectivity index (χ1n) is 7.04. The molecule has 0 amide bonds. The van der Waals surface area contributed by atoms with Crippen molar-refractivity contribution >= 4 is 17.5 Å². The lowest BCUT2D eigenvalue weighted by atomic mass is 10.1. The Balaban J connectivity index is 1.86. The highest BCUT2D eigenvalue weighted by Gasteiger charge is 2.18. The lowest BCUT2D eigenvalue weighted by molar-refractivity contribution is -0.384. The molecule has 3 rings (SSSR count). The Morgan fingerprint density at radius 1 is 1.33 bits per heavy atom. The standard InChI is InChI=1S/C14H14N8O2/c15-13-12(22(23)24)6-17-14(20-13)19-11(7-21-9-16-8-18-21)10-4-2-1-3-5-10/h1-6,8-9,11H,7H2,(H3,15,17,19,20). The zero-order valence-electron chi connectivity index (χ0n) is 12.5. The summed E-state index contributed by atoms with van der Waals surface area (Å²) in [6.45, 7) is 0.476. The van der Waals surface area contributed by atoms with Gasteiger partial charge in [-0.3, -0.25) is 14.8 Å². The Morgan fingerprint density at radius 3 is 2.75 bits per heavy atom. The fourth-order valence-corrected chi connectivity index (χ4v) is 2.19. The molecular weight excluding hydrogens is 312 g/mol. The van der Waals surface area contributed by atoms with Gasteiger partial charge in [-0.25, -0.2) is 9.97 Å². The van der Waals surface area contributed by atoms with Crippen LogP contribution in [0.4, 0.5) is 17.5 Å². The highest BCUT2D eigenvalue weighted by molar-refractivity contribution is 5.53. The second kappa shape index (κ2) is 6.69. The summed E-state index contributed by atoms with van der Waals surface area (Å²) in [5, 5.41) is 18.0. The van der Waals surface area contributed by atoms with E-state index in [0.29, 0.717) is 6.54 Å². The summed E-state index contributed by atoms with van der Waals surface area (Å²) in [6, 6.07) is 9.42. The minimum Gasteiger partial charge on any atom is -0.378 e. The first-order valence-corrected chi connectivity index (χ1v) is 7.04. The second-order valence-electron chi connectivity index (χ2n) is 4.95. The number of hydrogen-bond donors (Lipinski definition) is 2. The highest BCUT2D eigenvalue weighted by atomic mass is 16.6. The Bertz CT molecular complexity index is 822. The summed E-state index contributed by atoms with van der Waals surface area (Å²) in [5.41, 5.74) is 6.27. The van der Waals surface area contributed by atoms with Crippen LogP contribution in [-0.4, -0.2) is 29.7 Å². The number of anilines is 2. The lowest BCUT2D eigenvalue weighted by Crippen LogP contribution is -2.19. The normalized spacial score (nSPS) is 11.8. The van der Waals surface area contributed by atoms with Gasteiger partial charge in [-0.05, 0) is 5.56 Å². The predicted octanol–water partition coefficient (Wildman–Crippen LogP) is 1.41. The molecule has 24 heavy (non-hydrogen) atoms. The van der Waals surface area contributed by atoms with Gasteiger partial charge in [0, 0.05) is 0 Å². The van der Waals surface area contributed by atoms with E-state index in [1.165, 1.54) is 6.33 Å². The summed E-state index contributed by atoms with van der Waals surface area (Å²) < 4.78 is 1.67. The van der Waals surface area contributed by atoms with Crippen LogP contribution in [0.3, 0.4) is 0 Å². The molecule has 3 aromatic rings. The third-order valence-electron chi connectivity index (χ3n) is 3.34. The van der Waals surface area contributed by atoms with Crippen molar-refractivity contribution in [3.8, 4) is 0 Å². The molecule has 0 aliphatic carbocycles. The summed E-state index contributed by atoms with van der Waals surface area (Å²) in [5.74, 6) is 0.0112. The molecule has 0 saturated heterocycles. The summed E-state index contributed by atoms with van der Waals surface area (Å²) in [6.07, 6.45) is 4.13. The van der Waals surface area contributed by atoms with Crippen molar-refractivity contribution in [3.05, 3.63) is 64.9 Å². The fraction of sp³-hybridized carbons (Fsp3) is 0.143. The van der Waals surface area contributed by atoms with Gasteiger partial charge in [0.2, 0.25) is 11.8 Å². The number of aromatic nitrogens is 5. The number of hydrogen-bond acceptors (Lipinski definition) is 8. The van der Waals surface area contributed by atoms with Crippen LogP contribution in [0.1, 0.15) is 11.6 Å². The van der Waals surface area contributed by atoms with Gasteiger partial charge in [-0.2, -0.15) is 10.1 Å². The molecule has 0 radical (unpaired) electrons. The maximum atomic E-state index is 10.8. The van der Waals surface area contributed by atoms with Crippen molar-refractivity contribution in [1.82, 2.24) is 24.7 Å². The maximum Gasteiger partial charge on any atom is 0.329 e. The van der Waals surface area contributed by atoms with Crippen molar-refractivity contribution in [2.24, 2.45) is 0 Å². The molecule has 1 unspecified atom stereocenters. The lowest BCUT2D eigenvalue weighted by Gasteiger charge is -2.19. The van der Waals surface area contributed by atoms with Crippen LogP contribution >= 0.6 is 0 Å². The molecule has 1 atom stereocenters. The molecular formula is C14H14N8O2. The maximum absolute atomic E-state index is 10.8. The Kier molecular flexibility index (Phi) is 4.27. The average Bonchev–Trinajstić information content (AvgIpc) is 3.08. The van der Waals surface area contributed by atoms with E-state index >= 15 is 0 Å². The van der Waals surface area contributed by atoms with Crippen molar-refractivity contribution in [3.63, 3.8) is 0 Å². The minimum atomic E-state index is -0.622. The quantitative estimate of drug-likeness (QED) is 0.512. The number of benzene rings is 1. The van der Waals surface area contributed by atoms with E-state index in [2.05, 4.69) is 25.4 Å². The van der Waals surface area contributed by atoms with Gasteiger partial charge in [0.25, 0.3) is 0 Å². The third-order valence-corrected chi connectivity index (χ3v) is 3.34. The van der Waals surface area contributed by atoms with E-state index in [1.54, 1.807) is 11.0 Å². The van der Waals surface area contributed by atoms with Crippen molar-refractivity contribution < 1.29 is 4.92 Å². The number of nitrogens with two attached hydrogens (primary N) is 1. The topological polar surface area (TPSA) is 138 Å². The van der Waals surface area contributed by atoms with Gasteiger partial charge in [-0.1, -0.05) is 30.3 Å². The van der Waals surface area contributed by atoms with E-state index < -0.39 is 4.92 Å². The number of nitrogens with one attached hydrogen (secondary N) is 1. The Labute approximate surface area is 136 Å². The van der Waals surface area contributed by atoms with Gasteiger partial charge in [0.15, 0.2) is 0 Å². The van der Waals surface area contributed by atoms with E-state index in [9.17, 15) is 10.1 Å². The summed E-state index contributed by atoms with van der Waals surface area (Å²) in [7, 11) is 0. The molecule has 0 aliphatic rings. The Hall–Kier alpha value is -3.56. The summed E-state index contributed by atoms with van der Waals surface area (Å²) in [4.78, 5) is 22.0. The van der Waals surface area contributed by atoms with Crippen molar-refractivity contribution in [1.29, 1.82) is 0 Å². The third kappa shape index (κ3) is 3.43. The predicted molar refractivity (Wildman–Crippen MR) is 85.9 cm³/mol. The van der Waals surface area contributed by atoms with E-state index in [1.807, 2.05) is 30.3 Å². The van der Waals surface area contributed by atoms with E-state index in [4.69, 9.17) is 5.73 Å². The molecule has 10 heteroatoms. The molecule has 0 bridgehead atoms. The summed E-state index contributed by atoms with van der Waals surface area (Å²) >= 11 is 0. The van der Waals surface area contributed by atoms with Crippen LogP contribution in [0.25, 0.3) is 0 Å². The molecule has 2 aromatic heterocycles. The Morgan fingerprint density at radius 2 is 2.12 bits per heavy atom. The molecule has 0 aliphatic heterocycles. The van der Waals surface area contributed by atoms with Crippen molar-refractivity contribution in [2.75, 3.05) is 11.1 Å². The van der Waals surface area contributed by atoms with Crippen LogP contribution < -0.4 is 11.1 Å². The van der Waals surface area contributed by atoms with Crippen LogP contribution in [0.2, 0.25) is 0 Å². The number of nitrogen functional groups attached to an aromatic ring is 1. The molecule has 0 saturated carbocycles. The minimum absolute atomic E-state index is 0.190. The zero-order chi connectivity index (χ0) is 16.9. The molecule has 2 heterocycles. The van der Waals surface area contributed by atoms with Crippen LogP contribution in [0, 0.1) is 10.1 Å². The SMILES string of the molecule is Nc1nc(NC(Cn2cncn2)c2ccccc2)ncc1[N+](=O)[O-]. The zero-order valence-corrected chi connectivity index (χ0v) is 12.5. The number of nitrogens with zero attached hydrogens (tertiary/aromatic N) is 6. The smallest absolute Gasteiger partial charge is 0.329 e. The van der Waals surface area contributed by atoms with Crippen LogP contribution in [-0.2, 0) is 6.54 Å². The number of nitro groups is 1. The molecule has 122 valence electrons. The fourth-order valence-electron chi connectivity index (χ4n) is 2.19. The first kappa shape index (κ1) is 15.3. The van der Waals surface area contributed by atoms with Gasteiger partial charge in [-0.15, -0.1) is 0 Å². The average molecular weight is 326 g/mol. The molecule has 3 N–H and O–H groups in total. The molecule has 0 spiro atoms.